The molecule has 0 aliphatic heterocycles. The predicted octanol–water partition coefficient (Wildman–Crippen LogP) is 3.73. The molecular weight excluding hydrogens is 265 g/mol. The molecule has 0 aromatic heterocycles. The second-order valence-electron chi connectivity index (χ2n) is 4.35. The molecule has 19 heavy (non-hydrogen) atoms. The Morgan fingerprint density at radius 3 is 2.37 bits per heavy atom. The van der Waals surface area contributed by atoms with Gasteiger partial charge in [-0.3, -0.25) is 4.79 Å². The Balaban J connectivity index is 2.22. The molecular formula is C15H13ClFNO. The highest BCUT2D eigenvalue weighted by Crippen LogP contribution is 2.25. The highest BCUT2D eigenvalue weighted by molar-refractivity contribution is 6.31. The minimum atomic E-state index is -0.422. The van der Waals surface area contributed by atoms with Gasteiger partial charge in [0.25, 0.3) is 0 Å². The molecule has 2 aromatic rings. The van der Waals surface area contributed by atoms with E-state index in [1.165, 1.54) is 6.07 Å². The van der Waals surface area contributed by atoms with E-state index in [-0.39, 0.29) is 5.02 Å². The van der Waals surface area contributed by atoms with Crippen LogP contribution in [0.15, 0.2) is 42.5 Å². The number of amides is 1. The van der Waals surface area contributed by atoms with Crippen molar-refractivity contribution >= 4 is 18.0 Å². The van der Waals surface area contributed by atoms with Gasteiger partial charge in [-0.1, -0.05) is 41.9 Å². The Morgan fingerprint density at radius 2 is 1.79 bits per heavy atom. The first-order chi connectivity index (χ1) is 9.10. The van der Waals surface area contributed by atoms with E-state index in [0.717, 1.165) is 23.1 Å². The topological polar surface area (TPSA) is 20.3 Å². The summed E-state index contributed by atoms with van der Waals surface area (Å²) in [5, 5.41) is 0.113. The Morgan fingerprint density at radius 1 is 1.16 bits per heavy atom. The zero-order chi connectivity index (χ0) is 13.8. The number of hydrogen-bond donors (Lipinski definition) is 0. The molecule has 2 aromatic carbocycles. The molecule has 0 atom stereocenters. The van der Waals surface area contributed by atoms with Crippen molar-refractivity contribution in [1.82, 2.24) is 4.90 Å². The lowest BCUT2D eigenvalue weighted by molar-refractivity contribution is -0.117. The Hall–Kier alpha value is -1.87. The fourth-order valence-electron chi connectivity index (χ4n) is 1.80. The molecule has 0 bridgehead atoms. The van der Waals surface area contributed by atoms with Crippen LogP contribution in [0.3, 0.4) is 0 Å². The van der Waals surface area contributed by atoms with Gasteiger partial charge in [0.15, 0.2) is 0 Å². The van der Waals surface area contributed by atoms with E-state index < -0.39 is 5.82 Å². The molecule has 0 spiro atoms. The maximum absolute atomic E-state index is 13.1. The van der Waals surface area contributed by atoms with E-state index in [4.69, 9.17) is 11.6 Å². The van der Waals surface area contributed by atoms with Crippen LogP contribution in [-0.2, 0) is 11.3 Å². The maximum Gasteiger partial charge on any atom is 0.209 e. The fraction of sp³-hybridized carbons (Fsp3) is 0.133. The van der Waals surface area contributed by atoms with Gasteiger partial charge in [0.1, 0.15) is 5.82 Å². The molecule has 2 nitrogen and oxygen atoms in total. The smallest absolute Gasteiger partial charge is 0.209 e. The lowest BCUT2D eigenvalue weighted by Crippen LogP contribution is -2.14. The quantitative estimate of drug-likeness (QED) is 0.780. The summed E-state index contributed by atoms with van der Waals surface area (Å²) in [6.45, 7) is 0.563. The summed E-state index contributed by atoms with van der Waals surface area (Å²) < 4.78 is 13.1. The van der Waals surface area contributed by atoms with Crippen molar-refractivity contribution in [3.05, 3.63) is 58.9 Å². The highest BCUT2D eigenvalue weighted by Gasteiger charge is 2.04. The molecule has 0 fully saturated rings. The molecule has 2 rings (SSSR count). The van der Waals surface area contributed by atoms with Gasteiger partial charge in [0, 0.05) is 13.6 Å². The van der Waals surface area contributed by atoms with Crippen molar-refractivity contribution in [1.29, 1.82) is 0 Å². The minimum absolute atomic E-state index is 0.113. The third kappa shape index (κ3) is 3.32. The van der Waals surface area contributed by atoms with E-state index in [1.807, 2.05) is 24.3 Å². The summed E-state index contributed by atoms with van der Waals surface area (Å²) in [4.78, 5) is 12.1. The van der Waals surface area contributed by atoms with Crippen LogP contribution in [0.25, 0.3) is 11.1 Å². The van der Waals surface area contributed by atoms with Crippen LogP contribution in [0.2, 0.25) is 5.02 Å². The van der Waals surface area contributed by atoms with Crippen molar-refractivity contribution < 1.29 is 9.18 Å². The first kappa shape index (κ1) is 13.6. The molecule has 4 heteroatoms. The Kier molecular flexibility index (Phi) is 4.17. The van der Waals surface area contributed by atoms with Crippen molar-refractivity contribution in [3.63, 3.8) is 0 Å². The second-order valence-corrected chi connectivity index (χ2v) is 4.75. The van der Waals surface area contributed by atoms with Crippen LogP contribution in [0.5, 0.6) is 0 Å². The Bertz CT molecular complexity index is 583. The van der Waals surface area contributed by atoms with E-state index in [1.54, 1.807) is 24.1 Å². The molecule has 0 saturated heterocycles. The number of carbonyl (C=O) groups excluding carboxylic acids is 1. The van der Waals surface area contributed by atoms with Crippen LogP contribution in [-0.4, -0.2) is 18.4 Å². The van der Waals surface area contributed by atoms with Crippen LogP contribution >= 0.6 is 11.6 Å². The standard InChI is InChI=1S/C15H13ClFNO/c1-18(10-19)9-11-2-4-12(5-3-11)13-6-7-15(17)14(16)8-13/h2-8,10H,9H2,1H3. The molecule has 0 saturated carbocycles. The molecule has 0 aliphatic rings. The largest absolute Gasteiger partial charge is 0.344 e. The summed E-state index contributed by atoms with van der Waals surface area (Å²) in [6, 6.07) is 12.4. The molecule has 98 valence electrons. The summed E-state index contributed by atoms with van der Waals surface area (Å²) in [6.07, 6.45) is 0.785. The van der Waals surface area contributed by atoms with E-state index in [9.17, 15) is 9.18 Å². The van der Waals surface area contributed by atoms with Gasteiger partial charge in [-0.2, -0.15) is 0 Å². The molecule has 0 N–H and O–H groups in total. The number of carbonyl (C=O) groups is 1. The van der Waals surface area contributed by atoms with Gasteiger partial charge in [0.05, 0.1) is 5.02 Å². The molecule has 0 radical (unpaired) electrons. The lowest BCUT2D eigenvalue weighted by Gasteiger charge is -2.11. The zero-order valence-corrected chi connectivity index (χ0v) is 11.2. The first-order valence-corrected chi connectivity index (χ1v) is 6.18. The normalized spacial score (nSPS) is 10.3. The van der Waals surface area contributed by atoms with Crippen LogP contribution < -0.4 is 0 Å². The summed E-state index contributed by atoms with van der Waals surface area (Å²) in [7, 11) is 1.72. The molecule has 1 amide bonds. The van der Waals surface area contributed by atoms with Gasteiger partial charge in [-0.15, -0.1) is 0 Å². The van der Waals surface area contributed by atoms with Gasteiger partial charge >= 0.3 is 0 Å². The summed E-state index contributed by atoms with van der Waals surface area (Å²) in [5.41, 5.74) is 2.85. The van der Waals surface area contributed by atoms with E-state index in [2.05, 4.69) is 0 Å². The lowest BCUT2D eigenvalue weighted by atomic mass is 10.0. The van der Waals surface area contributed by atoms with Crippen molar-refractivity contribution in [3.8, 4) is 11.1 Å². The predicted molar refractivity (Wildman–Crippen MR) is 74.4 cm³/mol. The van der Waals surface area contributed by atoms with Gasteiger partial charge < -0.3 is 4.90 Å². The average molecular weight is 278 g/mol. The zero-order valence-electron chi connectivity index (χ0n) is 10.4. The SMILES string of the molecule is CN(C=O)Cc1ccc(-c2ccc(F)c(Cl)c2)cc1. The van der Waals surface area contributed by atoms with Crippen LogP contribution in [0, 0.1) is 5.82 Å². The number of rotatable bonds is 4. The number of hydrogen-bond acceptors (Lipinski definition) is 1. The highest BCUT2D eigenvalue weighted by atomic mass is 35.5. The van der Waals surface area contributed by atoms with Crippen molar-refractivity contribution in [2.75, 3.05) is 7.05 Å². The van der Waals surface area contributed by atoms with Crippen molar-refractivity contribution in [2.45, 2.75) is 6.54 Å². The number of halogens is 2. The number of nitrogens with zero attached hydrogens (tertiary/aromatic N) is 1. The number of benzene rings is 2. The first-order valence-electron chi connectivity index (χ1n) is 5.80. The van der Waals surface area contributed by atoms with Gasteiger partial charge in [-0.25, -0.2) is 4.39 Å². The van der Waals surface area contributed by atoms with Crippen LogP contribution in [0.4, 0.5) is 4.39 Å². The minimum Gasteiger partial charge on any atom is -0.344 e. The Labute approximate surface area is 116 Å². The third-order valence-corrected chi connectivity index (χ3v) is 3.11. The van der Waals surface area contributed by atoms with E-state index >= 15 is 0 Å². The monoisotopic (exact) mass is 277 g/mol. The van der Waals surface area contributed by atoms with E-state index in [0.29, 0.717) is 6.54 Å². The van der Waals surface area contributed by atoms with Gasteiger partial charge in [-0.05, 0) is 28.8 Å². The molecule has 0 unspecified atom stereocenters. The second kappa shape index (κ2) is 5.85. The fourth-order valence-corrected chi connectivity index (χ4v) is 1.98. The van der Waals surface area contributed by atoms with Crippen molar-refractivity contribution in [2.24, 2.45) is 0 Å². The molecule has 0 aliphatic carbocycles. The molecule has 0 heterocycles. The third-order valence-electron chi connectivity index (χ3n) is 2.82. The average Bonchev–Trinajstić information content (AvgIpc) is 2.42. The van der Waals surface area contributed by atoms with Crippen LogP contribution in [0.1, 0.15) is 5.56 Å². The summed E-state index contributed by atoms with van der Waals surface area (Å²) in [5.74, 6) is -0.422. The summed E-state index contributed by atoms with van der Waals surface area (Å²) >= 11 is 5.76. The maximum atomic E-state index is 13.1. The van der Waals surface area contributed by atoms with Gasteiger partial charge in [0.2, 0.25) is 6.41 Å².